The van der Waals surface area contributed by atoms with Crippen LogP contribution in [0.15, 0.2) is 36.9 Å². The van der Waals surface area contributed by atoms with Crippen molar-refractivity contribution >= 4 is 0 Å². The molecule has 5 heteroatoms. The van der Waals surface area contributed by atoms with E-state index in [0.717, 1.165) is 38.9 Å². The Labute approximate surface area is 191 Å². The van der Waals surface area contributed by atoms with Gasteiger partial charge in [0, 0.05) is 11.8 Å². The second kappa shape index (κ2) is 13.1. The number of hydrogen-bond acceptors (Lipinski definition) is 3. The van der Waals surface area contributed by atoms with Crippen molar-refractivity contribution in [2.24, 2.45) is 17.8 Å². The molecule has 0 unspecified atom stereocenters. The van der Waals surface area contributed by atoms with E-state index in [2.05, 4.69) is 25.7 Å². The Hall–Kier alpha value is -1.72. The van der Waals surface area contributed by atoms with Crippen molar-refractivity contribution in [2.75, 3.05) is 19.8 Å². The second-order valence-electron chi connectivity index (χ2n) is 9.11. The van der Waals surface area contributed by atoms with Crippen molar-refractivity contribution in [1.82, 2.24) is 0 Å². The fraction of sp³-hybridized carbons (Fsp3) is 0.630. The fourth-order valence-electron chi connectivity index (χ4n) is 4.67. The van der Waals surface area contributed by atoms with Gasteiger partial charge in [-0.3, -0.25) is 0 Å². The molecule has 1 saturated carbocycles. The molecule has 0 spiro atoms. The summed E-state index contributed by atoms with van der Waals surface area (Å²) in [5, 5.41) is 0. The lowest BCUT2D eigenvalue weighted by molar-refractivity contribution is -0.229. The summed E-state index contributed by atoms with van der Waals surface area (Å²) in [6.45, 7) is 7.75. The summed E-state index contributed by atoms with van der Waals surface area (Å²) in [4.78, 5) is 0. The number of halogens is 2. The Morgan fingerprint density at radius 3 is 2.50 bits per heavy atom. The minimum absolute atomic E-state index is 0.0328. The van der Waals surface area contributed by atoms with Gasteiger partial charge in [-0.25, -0.2) is 4.39 Å². The third-order valence-corrected chi connectivity index (χ3v) is 6.59. The summed E-state index contributed by atoms with van der Waals surface area (Å²) in [6, 6.07) is 3.14. The van der Waals surface area contributed by atoms with Gasteiger partial charge in [0.15, 0.2) is 17.9 Å². The molecule has 1 saturated heterocycles. The third-order valence-electron chi connectivity index (χ3n) is 6.59. The first kappa shape index (κ1) is 24.9. The average Bonchev–Trinajstić information content (AvgIpc) is 2.82. The fourth-order valence-corrected chi connectivity index (χ4v) is 4.67. The van der Waals surface area contributed by atoms with E-state index in [1.807, 2.05) is 0 Å². The maximum atomic E-state index is 14.3. The molecule has 0 N–H and O–H groups in total. The highest BCUT2D eigenvalue weighted by Crippen LogP contribution is 2.35. The van der Waals surface area contributed by atoms with Crippen molar-refractivity contribution < 1.29 is 23.0 Å². The smallest absolute Gasteiger partial charge is 0.200 e. The SMILES string of the molecule is C=CCCOc1ccc(CC/C=C/C2CCC(C3OCC(CCC)CO3)CC2)c(F)c1F. The standard InChI is InChI=1S/C27H38F2O3/c1-3-5-17-30-24-16-15-22(25(28)26(24)29)10-7-6-9-20-11-13-23(14-12-20)27-31-18-21(8-4-2)19-32-27/h3,6,9,15-16,20-21,23,27H,1,4-5,7-8,10-14,17-19H2,2H3/b9-6+. The van der Waals surface area contributed by atoms with Crippen LogP contribution in [-0.4, -0.2) is 26.1 Å². The van der Waals surface area contributed by atoms with Crippen LogP contribution in [0, 0.1) is 29.4 Å². The molecule has 2 aliphatic rings. The lowest BCUT2D eigenvalue weighted by atomic mass is 9.81. The lowest BCUT2D eigenvalue weighted by Gasteiger charge is -2.37. The van der Waals surface area contributed by atoms with Crippen molar-refractivity contribution in [1.29, 1.82) is 0 Å². The maximum absolute atomic E-state index is 14.3. The Bertz CT molecular complexity index is 733. The Kier molecular flexibility index (Phi) is 10.2. The number of rotatable bonds is 11. The van der Waals surface area contributed by atoms with Gasteiger partial charge in [0.1, 0.15) is 0 Å². The molecular weight excluding hydrogens is 410 g/mol. The van der Waals surface area contributed by atoms with E-state index in [-0.39, 0.29) is 12.0 Å². The molecule has 3 rings (SSSR count). The van der Waals surface area contributed by atoms with Crippen LogP contribution >= 0.6 is 0 Å². The summed E-state index contributed by atoms with van der Waals surface area (Å²) in [5.41, 5.74) is 0.389. The molecule has 3 nitrogen and oxygen atoms in total. The summed E-state index contributed by atoms with van der Waals surface area (Å²) >= 11 is 0. The second-order valence-corrected chi connectivity index (χ2v) is 9.11. The Morgan fingerprint density at radius 2 is 1.81 bits per heavy atom. The summed E-state index contributed by atoms with van der Waals surface area (Å²) in [7, 11) is 0. The van der Waals surface area contributed by atoms with Gasteiger partial charge in [-0.2, -0.15) is 4.39 Å². The van der Waals surface area contributed by atoms with Gasteiger partial charge >= 0.3 is 0 Å². The lowest BCUT2D eigenvalue weighted by Crippen LogP contribution is -2.38. The van der Waals surface area contributed by atoms with Crippen molar-refractivity contribution in [3.05, 3.63) is 54.1 Å². The zero-order chi connectivity index (χ0) is 22.8. The first-order valence-electron chi connectivity index (χ1n) is 12.2. The van der Waals surface area contributed by atoms with E-state index < -0.39 is 11.6 Å². The Balaban J connectivity index is 1.37. The zero-order valence-electron chi connectivity index (χ0n) is 19.4. The van der Waals surface area contributed by atoms with Gasteiger partial charge in [0.25, 0.3) is 0 Å². The largest absolute Gasteiger partial charge is 0.490 e. The van der Waals surface area contributed by atoms with Gasteiger partial charge in [0.2, 0.25) is 5.82 Å². The molecule has 2 fully saturated rings. The molecule has 1 aliphatic heterocycles. The zero-order valence-corrected chi connectivity index (χ0v) is 19.4. The molecule has 1 aliphatic carbocycles. The minimum atomic E-state index is -0.901. The van der Waals surface area contributed by atoms with E-state index in [0.29, 0.717) is 49.2 Å². The van der Waals surface area contributed by atoms with Crippen LogP contribution in [0.1, 0.15) is 63.9 Å². The molecule has 0 bridgehead atoms. The number of benzene rings is 1. The van der Waals surface area contributed by atoms with Crippen LogP contribution in [0.4, 0.5) is 8.78 Å². The molecule has 1 aromatic rings. The average molecular weight is 449 g/mol. The van der Waals surface area contributed by atoms with Crippen LogP contribution < -0.4 is 4.74 Å². The molecule has 32 heavy (non-hydrogen) atoms. The summed E-state index contributed by atoms with van der Waals surface area (Å²) in [5.74, 6) is -0.149. The summed E-state index contributed by atoms with van der Waals surface area (Å²) in [6.07, 6.45) is 14.6. The van der Waals surface area contributed by atoms with E-state index in [9.17, 15) is 8.78 Å². The van der Waals surface area contributed by atoms with Crippen LogP contribution in [0.25, 0.3) is 0 Å². The van der Waals surface area contributed by atoms with Crippen molar-refractivity contribution in [3.63, 3.8) is 0 Å². The van der Waals surface area contributed by atoms with Gasteiger partial charge in [-0.15, -0.1) is 6.58 Å². The first-order valence-corrected chi connectivity index (χ1v) is 12.2. The molecule has 178 valence electrons. The van der Waals surface area contributed by atoms with Gasteiger partial charge < -0.3 is 14.2 Å². The van der Waals surface area contributed by atoms with Gasteiger partial charge in [-0.1, -0.05) is 37.6 Å². The predicted octanol–water partition coefficient (Wildman–Crippen LogP) is 7.00. The molecule has 1 aromatic carbocycles. The van der Waals surface area contributed by atoms with E-state index in [1.165, 1.54) is 18.9 Å². The highest BCUT2D eigenvalue weighted by molar-refractivity contribution is 5.31. The van der Waals surface area contributed by atoms with Crippen LogP contribution in [0.2, 0.25) is 0 Å². The van der Waals surface area contributed by atoms with Gasteiger partial charge in [0.05, 0.1) is 19.8 Å². The van der Waals surface area contributed by atoms with E-state index >= 15 is 0 Å². The van der Waals surface area contributed by atoms with Crippen LogP contribution in [0.3, 0.4) is 0 Å². The molecule has 0 atom stereocenters. The Morgan fingerprint density at radius 1 is 1.06 bits per heavy atom. The third kappa shape index (κ3) is 7.14. The normalized spacial score (nSPS) is 26.3. The molecule has 0 aromatic heterocycles. The molecule has 0 radical (unpaired) electrons. The van der Waals surface area contributed by atoms with Gasteiger partial charge in [-0.05, 0) is 68.9 Å². The highest BCUT2D eigenvalue weighted by atomic mass is 19.2. The number of allylic oxidation sites excluding steroid dienone is 2. The van der Waals surface area contributed by atoms with Crippen LogP contribution in [0.5, 0.6) is 5.75 Å². The summed E-state index contributed by atoms with van der Waals surface area (Å²) < 4.78 is 45.8. The highest BCUT2D eigenvalue weighted by Gasteiger charge is 2.31. The van der Waals surface area contributed by atoms with Crippen molar-refractivity contribution in [3.8, 4) is 5.75 Å². The molecule has 0 amide bonds. The van der Waals surface area contributed by atoms with E-state index in [4.69, 9.17) is 14.2 Å². The minimum Gasteiger partial charge on any atom is -0.490 e. The van der Waals surface area contributed by atoms with E-state index in [1.54, 1.807) is 12.1 Å². The molecular formula is C27H38F2O3. The number of ether oxygens (including phenoxy) is 3. The quantitative estimate of drug-likeness (QED) is 0.269. The first-order chi connectivity index (χ1) is 15.6. The monoisotopic (exact) mass is 448 g/mol. The molecule has 1 heterocycles. The van der Waals surface area contributed by atoms with Crippen molar-refractivity contribution in [2.45, 2.75) is 71.0 Å². The topological polar surface area (TPSA) is 27.7 Å². The maximum Gasteiger partial charge on any atom is 0.200 e. The van der Waals surface area contributed by atoms with Crippen LogP contribution in [-0.2, 0) is 15.9 Å². The number of hydrogen-bond donors (Lipinski definition) is 0. The number of aryl methyl sites for hydroxylation is 1. The predicted molar refractivity (Wildman–Crippen MR) is 124 cm³/mol.